The molecule has 2 aromatic carbocycles. The summed E-state index contributed by atoms with van der Waals surface area (Å²) in [5.41, 5.74) is 0.912. The fraction of sp³-hybridized carbons (Fsp3) is 0.316. The Balaban J connectivity index is 1.58. The van der Waals surface area contributed by atoms with Gasteiger partial charge < -0.3 is 10.2 Å². The SMILES string of the molecule is CC(C(=O)Nc1cc(F)ccc1F)N1CCN(c2cccc(Cl)c2)CC1. The van der Waals surface area contributed by atoms with Crippen LogP contribution in [0.3, 0.4) is 0 Å². The monoisotopic (exact) mass is 379 g/mol. The lowest BCUT2D eigenvalue weighted by atomic mass is 10.2. The molecule has 1 heterocycles. The zero-order valence-corrected chi connectivity index (χ0v) is 15.1. The number of rotatable bonds is 4. The molecule has 1 fully saturated rings. The van der Waals surface area contributed by atoms with Gasteiger partial charge >= 0.3 is 0 Å². The Morgan fingerprint density at radius 3 is 2.54 bits per heavy atom. The summed E-state index contributed by atoms with van der Waals surface area (Å²) in [6.45, 7) is 4.65. The third kappa shape index (κ3) is 4.31. The summed E-state index contributed by atoms with van der Waals surface area (Å²) in [5.74, 6) is -1.60. The van der Waals surface area contributed by atoms with Crippen molar-refractivity contribution >= 4 is 28.9 Å². The Morgan fingerprint density at radius 1 is 1.12 bits per heavy atom. The van der Waals surface area contributed by atoms with E-state index >= 15 is 0 Å². The van der Waals surface area contributed by atoms with E-state index in [2.05, 4.69) is 10.2 Å². The highest BCUT2D eigenvalue weighted by Gasteiger charge is 2.26. The first-order chi connectivity index (χ1) is 12.4. The van der Waals surface area contributed by atoms with E-state index in [4.69, 9.17) is 11.6 Å². The second kappa shape index (κ2) is 8.01. The summed E-state index contributed by atoms with van der Waals surface area (Å²) in [6.07, 6.45) is 0. The maximum absolute atomic E-state index is 13.7. The molecule has 4 nitrogen and oxygen atoms in total. The van der Waals surface area contributed by atoms with Gasteiger partial charge in [-0.05, 0) is 37.3 Å². The molecule has 1 saturated heterocycles. The lowest BCUT2D eigenvalue weighted by Gasteiger charge is -2.38. The molecule has 1 aliphatic heterocycles. The molecule has 0 aromatic heterocycles. The fourth-order valence-electron chi connectivity index (χ4n) is 3.04. The highest BCUT2D eigenvalue weighted by Crippen LogP contribution is 2.22. The van der Waals surface area contributed by atoms with E-state index in [0.29, 0.717) is 18.1 Å². The number of carbonyl (C=O) groups is 1. The first-order valence-corrected chi connectivity index (χ1v) is 8.82. The van der Waals surface area contributed by atoms with E-state index < -0.39 is 17.7 Å². The van der Waals surface area contributed by atoms with Crippen molar-refractivity contribution in [2.75, 3.05) is 36.4 Å². The van der Waals surface area contributed by atoms with E-state index in [9.17, 15) is 13.6 Å². The summed E-state index contributed by atoms with van der Waals surface area (Å²) < 4.78 is 26.9. The Hall–Kier alpha value is -2.18. The molecule has 2 aromatic rings. The Morgan fingerprint density at radius 2 is 1.85 bits per heavy atom. The molecule has 0 aliphatic carbocycles. The quantitative estimate of drug-likeness (QED) is 0.878. The van der Waals surface area contributed by atoms with Crippen molar-refractivity contribution in [1.29, 1.82) is 0 Å². The van der Waals surface area contributed by atoms with E-state index in [1.54, 1.807) is 6.92 Å². The molecule has 138 valence electrons. The van der Waals surface area contributed by atoms with Gasteiger partial charge in [0.25, 0.3) is 0 Å². The summed E-state index contributed by atoms with van der Waals surface area (Å²) in [7, 11) is 0. The van der Waals surface area contributed by atoms with E-state index in [0.717, 1.165) is 37.0 Å². The zero-order valence-electron chi connectivity index (χ0n) is 14.4. The zero-order chi connectivity index (χ0) is 18.7. The van der Waals surface area contributed by atoms with Crippen LogP contribution < -0.4 is 10.2 Å². The summed E-state index contributed by atoms with van der Waals surface area (Å²) in [6, 6.07) is 10.2. The van der Waals surface area contributed by atoms with Crippen molar-refractivity contribution in [2.45, 2.75) is 13.0 Å². The molecule has 0 radical (unpaired) electrons. The van der Waals surface area contributed by atoms with Gasteiger partial charge in [0, 0.05) is 43.0 Å². The lowest BCUT2D eigenvalue weighted by Crippen LogP contribution is -2.52. The molecule has 1 aliphatic rings. The normalized spacial score (nSPS) is 16.4. The fourth-order valence-corrected chi connectivity index (χ4v) is 3.22. The third-order valence-electron chi connectivity index (χ3n) is 4.60. The molecule has 26 heavy (non-hydrogen) atoms. The van der Waals surface area contributed by atoms with Crippen molar-refractivity contribution in [1.82, 2.24) is 4.90 Å². The number of piperazine rings is 1. The van der Waals surface area contributed by atoms with E-state index in [-0.39, 0.29) is 11.6 Å². The van der Waals surface area contributed by atoms with Gasteiger partial charge in [-0.1, -0.05) is 17.7 Å². The second-order valence-corrected chi connectivity index (χ2v) is 6.73. The molecule has 1 N–H and O–H groups in total. The maximum atomic E-state index is 13.7. The van der Waals surface area contributed by atoms with E-state index in [1.807, 2.05) is 29.2 Å². The standard InChI is InChI=1S/C19H20ClF2N3O/c1-13(19(26)23-18-12-15(21)5-6-17(18)22)24-7-9-25(10-8-24)16-4-2-3-14(20)11-16/h2-6,11-13H,7-10H2,1H3,(H,23,26). The van der Waals surface area contributed by atoms with Gasteiger partial charge in [-0.25, -0.2) is 8.78 Å². The van der Waals surface area contributed by atoms with Crippen LogP contribution in [-0.2, 0) is 4.79 Å². The van der Waals surface area contributed by atoms with Crippen LogP contribution in [0, 0.1) is 11.6 Å². The Bertz CT molecular complexity index is 794. The van der Waals surface area contributed by atoms with Crippen LogP contribution in [0.5, 0.6) is 0 Å². The van der Waals surface area contributed by atoms with Crippen LogP contribution in [-0.4, -0.2) is 43.0 Å². The van der Waals surface area contributed by atoms with Gasteiger partial charge in [-0.15, -0.1) is 0 Å². The minimum Gasteiger partial charge on any atom is -0.369 e. The third-order valence-corrected chi connectivity index (χ3v) is 4.84. The van der Waals surface area contributed by atoms with Crippen LogP contribution in [0.1, 0.15) is 6.92 Å². The molecule has 1 amide bonds. The average Bonchev–Trinajstić information content (AvgIpc) is 2.64. The number of benzene rings is 2. The van der Waals surface area contributed by atoms with Gasteiger partial charge in [0.2, 0.25) is 5.91 Å². The number of anilines is 2. The van der Waals surface area contributed by atoms with Crippen molar-refractivity contribution in [3.05, 3.63) is 59.1 Å². The average molecular weight is 380 g/mol. The summed E-state index contributed by atoms with van der Waals surface area (Å²) >= 11 is 6.04. The van der Waals surface area contributed by atoms with Crippen molar-refractivity contribution in [2.24, 2.45) is 0 Å². The highest BCUT2D eigenvalue weighted by molar-refractivity contribution is 6.30. The topological polar surface area (TPSA) is 35.6 Å². The maximum Gasteiger partial charge on any atom is 0.241 e. The molecule has 3 rings (SSSR count). The first-order valence-electron chi connectivity index (χ1n) is 8.44. The molecule has 1 unspecified atom stereocenters. The minimum absolute atomic E-state index is 0.139. The predicted octanol–water partition coefficient (Wildman–Crippen LogP) is 3.77. The summed E-state index contributed by atoms with van der Waals surface area (Å²) in [5, 5.41) is 3.16. The van der Waals surface area contributed by atoms with Crippen LogP contribution in [0.15, 0.2) is 42.5 Å². The highest BCUT2D eigenvalue weighted by atomic mass is 35.5. The molecule has 0 bridgehead atoms. The number of amides is 1. The Labute approximate surface area is 156 Å². The number of nitrogens with zero attached hydrogens (tertiary/aromatic N) is 2. The number of hydrogen-bond donors (Lipinski definition) is 1. The van der Waals surface area contributed by atoms with Crippen LogP contribution in [0.25, 0.3) is 0 Å². The van der Waals surface area contributed by atoms with Crippen molar-refractivity contribution in [3.63, 3.8) is 0 Å². The van der Waals surface area contributed by atoms with Crippen LogP contribution >= 0.6 is 11.6 Å². The second-order valence-electron chi connectivity index (χ2n) is 6.29. The van der Waals surface area contributed by atoms with Crippen LogP contribution in [0.2, 0.25) is 5.02 Å². The van der Waals surface area contributed by atoms with Gasteiger partial charge in [0.1, 0.15) is 11.6 Å². The predicted molar refractivity (Wildman–Crippen MR) is 99.7 cm³/mol. The first kappa shape index (κ1) is 18.6. The molecule has 7 heteroatoms. The van der Waals surface area contributed by atoms with Crippen molar-refractivity contribution in [3.8, 4) is 0 Å². The molecule has 0 saturated carbocycles. The van der Waals surface area contributed by atoms with E-state index in [1.165, 1.54) is 0 Å². The van der Waals surface area contributed by atoms with Gasteiger partial charge in [-0.3, -0.25) is 9.69 Å². The van der Waals surface area contributed by atoms with Crippen LogP contribution in [0.4, 0.5) is 20.2 Å². The molecular weight excluding hydrogens is 360 g/mol. The van der Waals surface area contributed by atoms with Gasteiger partial charge in [0.05, 0.1) is 11.7 Å². The smallest absolute Gasteiger partial charge is 0.241 e. The Kier molecular flexibility index (Phi) is 5.74. The van der Waals surface area contributed by atoms with Gasteiger partial charge in [0.15, 0.2) is 0 Å². The molecule has 0 spiro atoms. The molecular formula is C19H20ClF2N3O. The molecule has 1 atom stereocenters. The minimum atomic E-state index is -0.655. The number of hydrogen-bond acceptors (Lipinski definition) is 3. The number of nitrogens with one attached hydrogen (secondary N) is 1. The van der Waals surface area contributed by atoms with Crippen molar-refractivity contribution < 1.29 is 13.6 Å². The van der Waals surface area contributed by atoms with Gasteiger partial charge in [-0.2, -0.15) is 0 Å². The number of halogens is 3. The lowest BCUT2D eigenvalue weighted by molar-refractivity contribution is -0.120. The summed E-state index contributed by atoms with van der Waals surface area (Å²) in [4.78, 5) is 16.6. The number of carbonyl (C=O) groups excluding carboxylic acids is 1. The largest absolute Gasteiger partial charge is 0.369 e.